The Morgan fingerprint density at radius 2 is 1.82 bits per heavy atom. The van der Waals surface area contributed by atoms with Crippen molar-refractivity contribution >= 4 is 35.2 Å². The molecule has 10 nitrogen and oxygen atoms in total. The lowest BCUT2D eigenvalue weighted by Crippen LogP contribution is -2.37. The Morgan fingerprint density at radius 3 is 2.45 bits per heavy atom. The number of rotatable bonds is 8. The van der Waals surface area contributed by atoms with Crippen LogP contribution in [0, 0.1) is 0 Å². The maximum absolute atomic E-state index is 11.7. The molecule has 0 atom stereocenters. The maximum Gasteiger partial charge on any atom is 0.319 e. The van der Waals surface area contributed by atoms with Crippen LogP contribution in [0.1, 0.15) is 16.8 Å². The van der Waals surface area contributed by atoms with E-state index in [1.165, 1.54) is 0 Å². The number of hydrogen-bond acceptors (Lipinski definition) is 7. The molecular weight excluding hydrogens is 420 g/mol. The third kappa shape index (κ3) is 5.97. The molecule has 33 heavy (non-hydrogen) atoms. The molecule has 0 saturated carbocycles. The minimum atomic E-state index is -0.259. The van der Waals surface area contributed by atoms with E-state index < -0.39 is 0 Å². The van der Waals surface area contributed by atoms with Crippen LogP contribution in [0.2, 0.25) is 0 Å². The number of pyridine rings is 3. The van der Waals surface area contributed by atoms with Gasteiger partial charge in [-0.25, -0.2) is 14.8 Å². The van der Waals surface area contributed by atoms with E-state index in [1.54, 1.807) is 43.1 Å². The van der Waals surface area contributed by atoms with E-state index in [0.29, 0.717) is 43.1 Å². The average molecular weight is 442 g/mol. The van der Waals surface area contributed by atoms with Crippen molar-refractivity contribution in [2.45, 2.75) is 13.1 Å². The van der Waals surface area contributed by atoms with Gasteiger partial charge in [-0.05, 0) is 35.4 Å². The number of nitrogens with zero attached hydrogens (tertiary/aromatic N) is 4. The van der Waals surface area contributed by atoms with Gasteiger partial charge in [0.15, 0.2) is 17.9 Å². The first-order valence-corrected chi connectivity index (χ1v) is 10.3. The molecule has 3 aromatic heterocycles. The molecule has 4 rings (SSSR count). The van der Waals surface area contributed by atoms with Crippen LogP contribution in [0.4, 0.5) is 16.3 Å². The summed E-state index contributed by atoms with van der Waals surface area (Å²) in [6.45, 7) is 1.24. The largest absolute Gasteiger partial charge is 0.364 e. The summed E-state index contributed by atoms with van der Waals surface area (Å²) >= 11 is 0. The quantitative estimate of drug-likeness (QED) is 0.239. The van der Waals surface area contributed by atoms with Crippen molar-refractivity contribution in [1.82, 2.24) is 30.9 Å². The molecule has 0 bridgehead atoms. The van der Waals surface area contributed by atoms with Gasteiger partial charge in [0.1, 0.15) is 5.69 Å². The minimum Gasteiger partial charge on any atom is -0.364 e. The van der Waals surface area contributed by atoms with Crippen molar-refractivity contribution in [3.8, 4) is 0 Å². The van der Waals surface area contributed by atoms with Gasteiger partial charge in [-0.3, -0.25) is 14.8 Å². The summed E-state index contributed by atoms with van der Waals surface area (Å²) in [5.41, 5.74) is 3.88. The number of aromatic nitrogens is 3. The van der Waals surface area contributed by atoms with Crippen molar-refractivity contribution in [3.63, 3.8) is 0 Å². The van der Waals surface area contributed by atoms with E-state index in [9.17, 15) is 9.59 Å². The Morgan fingerprint density at radius 1 is 1.06 bits per heavy atom. The van der Waals surface area contributed by atoms with Gasteiger partial charge in [-0.2, -0.15) is 0 Å². The zero-order valence-corrected chi connectivity index (χ0v) is 17.7. The highest BCUT2D eigenvalue weighted by molar-refractivity contribution is 6.27. The van der Waals surface area contributed by atoms with Crippen molar-refractivity contribution in [3.05, 3.63) is 84.2 Å². The Kier molecular flexibility index (Phi) is 6.96. The molecule has 4 heterocycles. The Balaban J connectivity index is 1.59. The third-order valence-electron chi connectivity index (χ3n) is 4.75. The van der Waals surface area contributed by atoms with Gasteiger partial charge in [0, 0.05) is 56.2 Å². The highest BCUT2D eigenvalue weighted by Gasteiger charge is 2.14. The molecule has 1 aliphatic heterocycles. The van der Waals surface area contributed by atoms with Crippen LogP contribution in [-0.2, 0) is 17.9 Å². The molecule has 2 amide bonds. The summed E-state index contributed by atoms with van der Waals surface area (Å²) in [5.74, 6) is 0.667. The molecular formula is C23H22N8O2. The minimum absolute atomic E-state index is 0.170. The number of aliphatic imine (C=N–C) groups is 1. The van der Waals surface area contributed by atoms with Gasteiger partial charge in [0.25, 0.3) is 0 Å². The van der Waals surface area contributed by atoms with Crippen molar-refractivity contribution < 1.29 is 9.59 Å². The van der Waals surface area contributed by atoms with Gasteiger partial charge < -0.3 is 21.3 Å². The molecule has 0 aliphatic carbocycles. The zero-order chi connectivity index (χ0) is 22.9. The second-order valence-corrected chi connectivity index (χ2v) is 7.11. The fourth-order valence-electron chi connectivity index (χ4n) is 3.07. The van der Waals surface area contributed by atoms with Gasteiger partial charge in [-0.1, -0.05) is 12.1 Å². The Hall–Kier alpha value is -4.60. The standard InChI is InChI=1S/C23H22N8O2/c32-15-21(26-11-16-3-1-7-24-9-16)30-20-6-5-19(18-13-28-23(33)29-14-18)31-22(20)27-12-17-4-2-8-25-10-17/h1-10,13,15H,11-12,14H2,(H,26,30)(H,27,31)(H2,28,29,33). The summed E-state index contributed by atoms with van der Waals surface area (Å²) in [4.78, 5) is 40.4. The molecule has 4 N–H and O–H groups in total. The zero-order valence-electron chi connectivity index (χ0n) is 17.7. The van der Waals surface area contributed by atoms with Crippen LogP contribution in [0.3, 0.4) is 0 Å². The van der Waals surface area contributed by atoms with Crippen LogP contribution in [0.25, 0.3) is 5.57 Å². The molecule has 3 aromatic rings. The average Bonchev–Trinajstić information content (AvgIpc) is 2.87. The van der Waals surface area contributed by atoms with Crippen LogP contribution in [-0.4, -0.2) is 39.6 Å². The first-order chi connectivity index (χ1) is 16.2. The maximum atomic E-state index is 11.7. The van der Waals surface area contributed by atoms with E-state index in [0.717, 1.165) is 16.7 Å². The molecule has 1 aliphatic rings. The number of hydrogen-bond donors (Lipinski definition) is 4. The summed E-state index contributed by atoms with van der Waals surface area (Å²) in [6, 6.07) is 10.9. The molecule has 0 spiro atoms. The Labute approximate surface area is 190 Å². The van der Waals surface area contributed by atoms with Gasteiger partial charge in [-0.15, -0.1) is 0 Å². The summed E-state index contributed by atoms with van der Waals surface area (Å²) < 4.78 is 0. The molecule has 10 heteroatoms. The van der Waals surface area contributed by atoms with E-state index in [2.05, 4.69) is 36.2 Å². The van der Waals surface area contributed by atoms with Crippen molar-refractivity contribution in [2.24, 2.45) is 4.99 Å². The normalized spacial score (nSPS) is 13.4. The second-order valence-electron chi connectivity index (χ2n) is 7.11. The molecule has 0 aromatic carbocycles. The van der Waals surface area contributed by atoms with Crippen LogP contribution >= 0.6 is 0 Å². The lowest BCUT2D eigenvalue weighted by molar-refractivity contribution is -0.102. The fraction of sp³-hybridized carbons (Fsp3) is 0.130. The van der Waals surface area contributed by atoms with Crippen LogP contribution in [0.15, 0.2) is 72.4 Å². The topological polar surface area (TPSA) is 133 Å². The summed E-state index contributed by atoms with van der Waals surface area (Å²) in [5, 5.41) is 11.6. The van der Waals surface area contributed by atoms with Crippen LogP contribution in [0.5, 0.6) is 0 Å². The molecule has 0 unspecified atom stereocenters. The van der Waals surface area contributed by atoms with Crippen molar-refractivity contribution in [2.75, 3.05) is 11.9 Å². The highest BCUT2D eigenvalue weighted by atomic mass is 16.2. The smallest absolute Gasteiger partial charge is 0.319 e. The lowest BCUT2D eigenvalue weighted by atomic mass is 10.1. The fourth-order valence-corrected chi connectivity index (χ4v) is 3.07. The number of amidine groups is 1. The predicted molar refractivity (Wildman–Crippen MR) is 125 cm³/mol. The van der Waals surface area contributed by atoms with Crippen molar-refractivity contribution in [1.29, 1.82) is 0 Å². The highest BCUT2D eigenvalue weighted by Crippen LogP contribution is 2.26. The third-order valence-corrected chi connectivity index (χ3v) is 4.75. The SMILES string of the molecule is O=C/C(=N\c1ccc(C2=CNC(=O)NC2)nc1NCc1cccnc1)NCc1cccnc1. The first-order valence-electron chi connectivity index (χ1n) is 10.3. The monoisotopic (exact) mass is 442 g/mol. The first kappa shape index (κ1) is 21.6. The predicted octanol–water partition coefficient (Wildman–Crippen LogP) is 2.16. The van der Waals surface area contributed by atoms with Gasteiger partial charge in [0.2, 0.25) is 0 Å². The number of anilines is 1. The number of carbonyl (C=O) groups is 2. The number of carbonyl (C=O) groups excluding carboxylic acids is 2. The van der Waals surface area contributed by atoms with Gasteiger partial charge >= 0.3 is 6.03 Å². The van der Waals surface area contributed by atoms with E-state index in [4.69, 9.17) is 4.98 Å². The van der Waals surface area contributed by atoms with Crippen LogP contribution < -0.4 is 21.3 Å². The molecule has 0 saturated heterocycles. The molecule has 0 fully saturated rings. The molecule has 0 radical (unpaired) electrons. The van der Waals surface area contributed by atoms with E-state index in [1.807, 2.05) is 24.3 Å². The number of urea groups is 1. The number of amides is 2. The molecule has 166 valence electrons. The lowest BCUT2D eigenvalue weighted by Gasteiger charge is -2.16. The van der Waals surface area contributed by atoms with E-state index >= 15 is 0 Å². The van der Waals surface area contributed by atoms with E-state index in [-0.39, 0.29) is 11.9 Å². The summed E-state index contributed by atoms with van der Waals surface area (Å²) in [7, 11) is 0. The number of nitrogens with one attached hydrogen (secondary N) is 4. The second kappa shape index (κ2) is 10.6. The number of aldehydes is 1. The summed E-state index contributed by atoms with van der Waals surface area (Å²) in [6.07, 6.45) is 9.17. The van der Waals surface area contributed by atoms with Gasteiger partial charge in [0.05, 0.1) is 5.69 Å². The Bertz CT molecular complexity index is 1180.